The van der Waals surface area contributed by atoms with Crippen LogP contribution in [-0.2, 0) is 9.59 Å². The lowest BCUT2D eigenvalue weighted by molar-refractivity contribution is -0.142. The van der Waals surface area contributed by atoms with Gasteiger partial charge in [-0.05, 0) is 37.0 Å². The van der Waals surface area contributed by atoms with Gasteiger partial charge in [0.25, 0.3) is 0 Å². The molecule has 1 aromatic heterocycles. The van der Waals surface area contributed by atoms with E-state index in [9.17, 15) is 9.59 Å². The molecule has 2 rings (SSSR count). The van der Waals surface area contributed by atoms with Gasteiger partial charge < -0.3 is 10.0 Å². The van der Waals surface area contributed by atoms with Crippen molar-refractivity contribution in [2.75, 3.05) is 13.1 Å². The molecule has 0 aliphatic heterocycles. The van der Waals surface area contributed by atoms with E-state index in [1.165, 1.54) is 22.3 Å². The molecule has 1 aromatic rings. The number of hydrogen-bond donors (Lipinski definition) is 1. The maximum absolute atomic E-state index is 12.0. The molecule has 0 saturated heterocycles. The number of halogens is 1. The first-order valence-electron chi connectivity index (χ1n) is 5.98. The maximum Gasteiger partial charge on any atom is 0.323 e. The number of rotatable bonds is 6. The quantitative estimate of drug-likeness (QED) is 0.822. The lowest BCUT2D eigenvalue weighted by atomic mass is 10.3. The number of thiophene rings is 1. The number of carbonyl (C=O) groups is 2. The highest BCUT2D eigenvalue weighted by Gasteiger charge is 2.27. The Morgan fingerprint density at radius 3 is 2.74 bits per heavy atom. The van der Waals surface area contributed by atoms with Crippen molar-refractivity contribution in [2.24, 2.45) is 5.92 Å². The lowest BCUT2D eigenvalue weighted by Crippen LogP contribution is -2.36. The average Bonchev–Trinajstić information content (AvgIpc) is 3.06. The van der Waals surface area contributed by atoms with E-state index in [1.54, 1.807) is 12.1 Å². The molecular formula is C13H14ClNO3S. The second-order valence-corrected chi connectivity index (χ2v) is 6.28. The van der Waals surface area contributed by atoms with E-state index in [4.69, 9.17) is 16.7 Å². The van der Waals surface area contributed by atoms with Gasteiger partial charge in [-0.15, -0.1) is 11.3 Å². The largest absolute Gasteiger partial charge is 0.480 e. The highest BCUT2D eigenvalue weighted by Crippen LogP contribution is 2.29. The van der Waals surface area contributed by atoms with Crippen LogP contribution in [0.2, 0.25) is 4.34 Å². The van der Waals surface area contributed by atoms with E-state index in [0.717, 1.165) is 17.7 Å². The number of carboxylic acids is 1. The molecule has 4 nitrogen and oxygen atoms in total. The molecule has 1 N–H and O–H groups in total. The summed E-state index contributed by atoms with van der Waals surface area (Å²) in [4.78, 5) is 25.0. The second-order valence-electron chi connectivity index (χ2n) is 4.53. The molecule has 1 heterocycles. The molecule has 1 saturated carbocycles. The van der Waals surface area contributed by atoms with Crippen molar-refractivity contribution in [1.29, 1.82) is 0 Å². The normalized spacial score (nSPS) is 14.8. The molecule has 1 fully saturated rings. The average molecular weight is 300 g/mol. The summed E-state index contributed by atoms with van der Waals surface area (Å²) in [5.74, 6) is -0.784. The number of carboxylic acid groups (broad SMARTS) is 1. The van der Waals surface area contributed by atoms with Gasteiger partial charge in [0.15, 0.2) is 0 Å². The number of carbonyl (C=O) groups excluding carboxylic acids is 1. The van der Waals surface area contributed by atoms with E-state index in [0.29, 0.717) is 16.8 Å². The number of hydrogen-bond acceptors (Lipinski definition) is 3. The zero-order chi connectivity index (χ0) is 13.8. The molecule has 1 aliphatic carbocycles. The number of aliphatic carboxylic acids is 1. The molecule has 0 radical (unpaired) electrons. The van der Waals surface area contributed by atoms with Crippen molar-refractivity contribution in [3.8, 4) is 0 Å². The van der Waals surface area contributed by atoms with Crippen molar-refractivity contribution < 1.29 is 14.7 Å². The maximum atomic E-state index is 12.0. The summed E-state index contributed by atoms with van der Waals surface area (Å²) in [7, 11) is 0. The topological polar surface area (TPSA) is 57.6 Å². The summed E-state index contributed by atoms with van der Waals surface area (Å²) < 4.78 is 0.660. The van der Waals surface area contributed by atoms with E-state index in [1.807, 2.05) is 6.07 Å². The standard InChI is InChI=1S/C13H14ClNO3S/c14-11-5-3-10(19-11)4-6-12(16)15(8-13(17)18)7-9-1-2-9/h3-6,9H,1-2,7-8H2,(H,17,18)/b6-4+. The molecule has 0 atom stereocenters. The molecule has 19 heavy (non-hydrogen) atoms. The third kappa shape index (κ3) is 4.69. The summed E-state index contributed by atoms with van der Waals surface area (Å²) >= 11 is 7.17. The van der Waals surface area contributed by atoms with Crippen LogP contribution in [0.15, 0.2) is 18.2 Å². The van der Waals surface area contributed by atoms with E-state index >= 15 is 0 Å². The summed E-state index contributed by atoms with van der Waals surface area (Å²) in [6.45, 7) is 0.283. The van der Waals surface area contributed by atoms with Crippen molar-refractivity contribution in [3.05, 3.63) is 27.4 Å². The van der Waals surface area contributed by atoms with E-state index in [2.05, 4.69) is 0 Å². The minimum atomic E-state index is -0.985. The van der Waals surface area contributed by atoms with Crippen LogP contribution in [0.25, 0.3) is 6.08 Å². The van der Waals surface area contributed by atoms with Crippen molar-refractivity contribution in [2.45, 2.75) is 12.8 Å². The fourth-order valence-electron chi connectivity index (χ4n) is 1.68. The summed E-state index contributed by atoms with van der Waals surface area (Å²) in [5, 5.41) is 8.82. The minimum Gasteiger partial charge on any atom is -0.480 e. The Bertz CT molecular complexity index is 508. The Balaban J connectivity index is 1.97. The summed E-state index contributed by atoms with van der Waals surface area (Å²) in [5.41, 5.74) is 0. The van der Waals surface area contributed by atoms with Crippen LogP contribution in [0, 0.1) is 5.92 Å². The van der Waals surface area contributed by atoms with Gasteiger partial charge >= 0.3 is 5.97 Å². The Kier molecular flexibility index (Phi) is 4.61. The third-order valence-corrected chi connectivity index (χ3v) is 3.99. The number of amides is 1. The van der Waals surface area contributed by atoms with Crippen LogP contribution < -0.4 is 0 Å². The Morgan fingerprint density at radius 1 is 1.47 bits per heavy atom. The lowest BCUT2D eigenvalue weighted by Gasteiger charge is -2.18. The molecule has 0 aromatic carbocycles. The van der Waals surface area contributed by atoms with Gasteiger partial charge in [0.1, 0.15) is 6.54 Å². The SMILES string of the molecule is O=C(O)CN(CC1CC1)C(=O)/C=C/c1ccc(Cl)s1. The van der Waals surface area contributed by atoms with Crippen molar-refractivity contribution in [3.63, 3.8) is 0 Å². The first-order chi connectivity index (χ1) is 9.04. The van der Waals surface area contributed by atoms with E-state index in [-0.39, 0.29) is 12.5 Å². The molecule has 1 aliphatic rings. The summed E-state index contributed by atoms with van der Waals surface area (Å²) in [6.07, 6.45) is 5.23. The van der Waals surface area contributed by atoms with Gasteiger partial charge in [-0.3, -0.25) is 9.59 Å². The predicted molar refractivity (Wildman–Crippen MR) is 75.3 cm³/mol. The third-order valence-electron chi connectivity index (χ3n) is 2.80. The molecule has 1 amide bonds. The fraction of sp³-hybridized carbons (Fsp3) is 0.385. The van der Waals surface area contributed by atoms with Crippen LogP contribution in [0.3, 0.4) is 0 Å². The highest BCUT2D eigenvalue weighted by molar-refractivity contribution is 7.17. The van der Waals surface area contributed by atoms with Crippen LogP contribution in [0.5, 0.6) is 0 Å². The zero-order valence-electron chi connectivity index (χ0n) is 10.2. The first kappa shape index (κ1) is 14.1. The van der Waals surface area contributed by atoms with Crippen molar-refractivity contribution >= 4 is 40.9 Å². The van der Waals surface area contributed by atoms with Gasteiger partial charge in [0.05, 0.1) is 4.34 Å². The zero-order valence-corrected chi connectivity index (χ0v) is 11.8. The number of nitrogens with zero attached hydrogens (tertiary/aromatic N) is 1. The van der Waals surface area contributed by atoms with Gasteiger partial charge in [-0.2, -0.15) is 0 Å². The van der Waals surface area contributed by atoms with Crippen LogP contribution in [-0.4, -0.2) is 35.0 Å². The molecule has 0 unspecified atom stereocenters. The van der Waals surface area contributed by atoms with Crippen LogP contribution in [0.4, 0.5) is 0 Å². The summed E-state index contributed by atoms with van der Waals surface area (Å²) in [6, 6.07) is 3.58. The molecule has 102 valence electrons. The van der Waals surface area contributed by atoms with Crippen molar-refractivity contribution in [1.82, 2.24) is 4.90 Å². The fourth-order valence-corrected chi connectivity index (χ4v) is 2.65. The molecule has 6 heteroatoms. The minimum absolute atomic E-state index is 0.245. The van der Waals surface area contributed by atoms with Crippen LogP contribution >= 0.6 is 22.9 Å². The predicted octanol–water partition coefficient (Wildman–Crippen LogP) is 2.74. The smallest absolute Gasteiger partial charge is 0.323 e. The first-order valence-corrected chi connectivity index (χ1v) is 7.18. The molecule has 0 bridgehead atoms. The Labute approximate surface area is 120 Å². The van der Waals surface area contributed by atoms with Gasteiger partial charge in [0.2, 0.25) is 5.91 Å². The van der Waals surface area contributed by atoms with Gasteiger partial charge in [-0.25, -0.2) is 0 Å². The van der Waals surface area contributed by atoms with Crippen LogP contribution in [0.1, 0.15) is 17.7 Å². The molecular weight excluding hydrogens is 286 g/mol. The molecule has 0 spiro atoms. The Hall–Kier alpha value is -1.33. The van der Waals surface area contributed by atoms with Gasteiger partial charge in [-0.1, -0.05) is 11.6 Å². The Morgan fingerprint density at radius 2 is 2.21 bits per heavy atom. The van der Waals surface area contributed by atoms with Gasteiger partial charge in [0, 0.05) is 17.5 Å². The van der Waals surface area contributed by atoms with E-state index < -0.39 is 5.97 Å². The second kappa shape index (κ2) is 6.21. The highest BCUT2D eigenvalue weighted by atomic mass is 35.5. The monoisotopic (exact) mass is 299 g/mol.